The van der Waals surface area contributed by atoms with Gasteiger partial charge in [-0.25, -0.2) is 4.39 Å². The number of halogens is 3. The van der Waals surface area contributed by atoms with Crippen LogP contribution in [0, 0.1) is 5.82 Å². The van der Waals surface area contributed by atoms with Gasteiger partial charge in [-0.3, -0.25) is 4.79 Å². The van der Waals surface area contributed by atoms with Crippen molar-refractivity contribution in [1.82, 2.24) is 0 Å². The quantitative estimate of drug-likeness (QED) is 0.731. The Morgan fingerprint density at radius 3 is 2.55 bits per heavy atom. The smallest absolute Gasteiger partial charge is 0.257 e. The van der Waals surface area contributed by atoms with Crippen molar-refractivity contribution < 1.29 is 9.18 Å². The Labute approximate surface area is 125 Å². The Bertz CT molecular complexity index is 719. The monoisotopic (exact) mass is 309 g/mol. The summed E-state index contributed by atoms with van der Waals surface area (Å²) in [6.45, 7) is 0. The average molecular weight is 310 g/mol. The van der Waals surface area contributed by atoms with Gasteiger partial charge in [0.2, 0.25) is 0 Å². The maximum Gasteiger partial charge on any atom is 0.257 e. The molecule has 1 atom stereocenters. The number of anilines is 1. The summed E-state index contributed by atoms with van der Waals surface area (Å²) in [5.41, 5.74) is 1.47. The molecule has 0 spiro atoms. The van der Waals surface area contributed by atoms with Crippen LogP contribution in [0.1, 0.15) is 11.1 Å². The van der Waals surface area contributed by atoms with Crippen molar-refractivity contribution >= 4 is 34.8 Å². The number of carbonyl (C=O) groups excluding carboxylic acids is 1. The lowest BCUT2D eigenvalue weighted by Gasteiger charge is -2.22. The topological polar surface area (TPSA) is 20.3 Å². The van der Waals surface area contributed by atoms with Crippen LogP contribution in [-0.4, -0.2) is 13.0 Å². The van der Waals surface area contributed by atoms with Gasteiger partial charge in [0.15, 0.2) is 4.87 Å². The second-order valence-corrected chi connectivity index (χ2v) is 5.64. The fourth-order valence-electron chi connectivity index (χ4n) is 2.53. The number of carbonyl (C=O) groups is 1. The zero-order chi connectivity index (χ0) is 14.5. The predicted octanol–water partition coefficient (Wildman–Crippen LogP) is 3.94. The highest BCUT2D eigenvalue weighted by Crippen LogP contribution is 2.50. The third kappa shape index (κ3) is 1.67. The molecule has 0 saturated heterocycles. The second kappa shape index (κ2) is 4.47. The Morgan fingerprint density at radius 2 is 1.85 bits per heavy atom. The number of nitrogens with zero attached hydrogens (tertiary/aromatic N) is 1. The lowest BCUT2D eigenvalue weighted by Crippen LogP contribution is -2.35. The van der Waals surface area contributed by atoms with E-state index in [9.17, 15) is 9.18 Å². The zero-order valence-corrected chi connectivity index (χ0v) is 12.0. The van der Waals surface area contributed by atoms with Gasteiger partial charge in [0.05, 0.1) is 0 Å². The molecule has 0 radical (unpaired) electrons. The van der Waals surface area contributed by atoms with Gasteiger partial charge in [-0.15, -0.1) is 0 Å². The summed E-state index contributed by atoms with van der Waals surface area (Å²) in [5, 5.41) is 0.376. The molecule has 1 aliphatic heterocycles. The average Bonchev–Trinajstić information content (AvgIpc) is 2.62. The Hall–Kier alpha value is -1.58. The molecule has 0 aromatic heterocycles. The fraction of sp³-hybridized carbons (Fsp3) is 0.133. The van der Waals surface area contributed by atoms with Gasteiger partial charge in [0, 0.05) is 28.9 Å². The van der Waals surface area contributed by atoms with Crippen molar-refractivity contribution in [3.63, 3.8) is 0 Å². The SMILES string of the molecule is CN1C(=O)C(Cl)(c2ccccc2Cl)c2cc(F)ccc21. The molecule has 5 heteroatoms. The van der Waals surface area contributed by atoms with Crippen molar-refractivity contribution in [3.05, 3.63) is 64.4 Å². The third-order valence-corrected chi connectivity index (χ3v) is 4.43. The van der Waals surface area contributed by atoms with Crippen LogP contribution in [0.4, 0.5) is 10.1 Å². The molecule has 20 heavy (non-hydrogen) atoms. The number of hydrogen-bond donors (Lipinski definition) is 0. The normalized spacial score (nSPS) is 21.2. The van der Waals surface area contributed by atoms with Crippen LogP contribution in [0.3, 0.4) is 0 Å². The number of fused-ring (bicyclic) bond motifs is 1. The third-order valence-electron chi connectivity index (χ3n) is 3.54. The first-order valence-corrected chi connectivity index (χ1v) is 6.74. The van der Waals surface area contributed by atoms with E-state index in [-0.39, 0.29) is 5.91 Å². The highest BCUT2D eigenvalue weighted by atomic mass is 35.5. The Morgan fingerprint density at radius 1 is 1.15 bits per heavy atom. The van der Waals surface area contributed by atoms with Crippen LogP contribution in [0.5, 0.6) is 0 Å². The maximum absolute atomic E-state index is 13.6. The molecule has 0 bridgehead atoms. The van der Waals surface area contributed by atoms with Crippen LogP contribution in [0.2, 0.25) is 5.02 Å². The molecule has 0 saturated carbocycles. The summed E-state index contributed by atoms with van der Waals surface area (Å²) < 4.78 is 13.6. The minimum Gasteiger partial charge on any atom is -0.313 e. The molecule has 3 rings (SSSR count). The highest BCUT2D eigenvalue weighted by molar-refractivity contribution is 6.43. The largest absolute Gasteiger partial charge is 0.313 e. The minimum absolute atomic E-state index is 0.340. The van der Waals surface area contributed by atoms with Gasteiger partial charge in [0.25, 0.3) is 5.91 Å². The van der Waals surface area contributed by atoms with Crippen LogP contribution in [-0.2, 0) is 9.67 Å². The molecule has 2 aromatic carbocycles. The van der Waals surface area contributed by atoms with Gasteiger partial charge in [0.1, 0.15) is 5.82 Å². The first kappa shape index (κ1) is 13.4. The Kier molecular flexibility index (Phi) is 3.00. The zero-order valence-electron chi connectivity index (χ0n) is 10.5. The van der Waals surface area contributed by atoms with Crippen LogP contribution < -0.4 is 4.90 Å². The summed E-state index contributed by atoms with van der Waals surface area (Å²) in [5.74, 6) is -0.781. The molecule has 0 aliphatic carbocycles. The molecular formula is C15H10Cl2FNO. The van der Waals surface area contributed by atoms with Gasteiger partial charge in [-0.2, -0.15) is 0 Å². The lowest BCUT2D eigenvalue weighted by molar-refractivity contribution is -0.119. The number of benzene rings is 2. The number of alkyl halides is 1. The lowest BCUT2D eigenvalue weighted by atomic mass is 9.91. The van der Waals surface area contributed by atoms with Gasteiger partial charge in [-0.1, -0.05) is 41.4 Å². The van der Waals surface area contributed by atoms with Gasteiger partial charge in [-0.05, 0) is 24.3 Å². The van der Waals surface area contributed by atoms with Crippen molar-refractivity contribution in [3.8, 4) is 0 Å². The van der Waals surface area contributed by atoms with E-state index in [0.29, 0.717) is 21.8 Å². The van der Waals surface area contributed by atoms with E-state index in [1.165, 1.54) is 17.0 Å². The molecular weight excluding hydrogens is 300 g/mol. The predicted molar refractivity (Wildman–Crippen MR) is 77.9 cm³/mol. The molecule has 1 heterocycles. The number of amides is 1. The standard InChI is InChI=1S/C15H10Cl2FNO/c1-19-13-7-6-9(18)8-11(13)15(17,14(19)20)10-4-2-3-5-12(10)16/h2-8H,1H3. The van der Waals surface area contributed by atoms with Crippen molar-refractivity contribution in [2.24, 2.45) is 0 Å². The van der Waals surface area contributed by atoms with E-state index in [1.54, 1.807) is 37.4 Å². The van der Waals surface area contributed by atoms with Gasteiger partial charge >= 0.3 is 0 Å². The van der Waals surface area contributed by atoms with E-state index >= 15 is 0 Å². The minimum atomic E-state index is -1.48. The van der Waals surface area contributed by atoms with E-state index in [4.69, 9.17) is 23.2 Å². The van der Waals surface area contributed by atoms with Crippen molar-refractivity contribution in [1.29, 1.82) is 0 Å². The fourth-order valence-corrected chi connectivity index (χ4v) is 3.30. The van der Waals surface area contributed by atoms with Crippen LogP contribution >= 0.6 is 23.2 Å². The van der Waals surface area contributed by atoms with E-state index in [2.05, 4.69) is 0 Å². The number of likely N-dealkylation sites (N-methyl/N-ethyl adjacent to an activating group) is 1. The molecule has 1 amide bonds. The molecule has 1 aliphatic rings. The molecule has 2 aromatic rings. The van der Waals surface area contributed by atoms with E-state index in [1.807, 2.05) is 0 Å². The highest BCUT2D eigenvalue weighted by Gasteiger charge is 2.51. The number of hydrogen-bond acceptors (Lipinski definition) is 1. The Balaban J connectivity index is 2.32. The van der Waals surface area contributed by atoms with Crippen LogP contribution in [0.15, 0.2) is 42.5 Å². The summed E-state index contributed by atoms with van der Waals surface area (Å²) in [7, 11) is 1.61. The van der Waals surface area contributed by atoms with E-state index in [0.717, 1.165) is 0 Å². The summed E-state index contributed by atoms with van der Waals surface area (Å²) >= 11 is 12.8. The van der Waals surface area contributed by atoms with Crippen molar-refractivity contribution in [2.45, 2.75) is 4.87 Å². The molecule has 2 nitrogen and oxygen atoms in total. The molecule has 0 fully saturated rings. The number of rotatable bonds is 1. The van der Waals surface area contributed by atoms with Crippen molar-refractivity contribution in [2.75, 3.05) is 11.9 Å². The van der Waals surface area contributed by atoms with Gasteiger partial charge < -0.3 is 4.90 Å². The molecule has 102 valence electrons. The second-order valence-electron chi connectivity index (χ2n) is 4.66. The molecule has 1 unspecified atom stereocenters. The first-order valence-electron chi connectivity index (χ1n) is 5.98. The summed E-state index contributed by atoms with van der Waals surface area (Å²) in [4.78, 5) is 12.5. The van der Waals surface area contributed by atoms with E-state index < -0.39 is 10.7 Å². The maximum atomic E-state index is 13.6. The van der Waals surface area contributed by atoms with Crippen LogP contribution in [0.25, 0.3) is 0 Å². The first-order chi connectivity index (χ1) is 9.46. The molecule has 0 N–H and O–H groups in total. The summed E-state index contributed by atoms with van der Waals surface area (Å²) in [6.07, 6.45) is 0. The summed E-state index contributed by atoms with van der Waals surface area (Å²) in [6, 6.07) is 11.0.